The number of allylic oxidation sites excluding steroid dienone is 2. The zero-order valence-electron chi connectivity index (χ0n) is 34.4. The molecule has 4 atom stereocenters. The van der Waals surface area contributed by atoms with Crippen molar-refractivity contribution in [3.8, 4) is 11.5 Å². The van der Waals surface area contributed by atoms with Gasteiger partial charge >= 0.3 is 11.9 Å². The van der Waals surface area contributed by atoms with Gasteiger partial charge in [0.2, 0.25) is 0 Å². The van der Waals surface area contributed by atoms with Crippen LogP contribution in [-0.4, -0.2) is 76.8 Å². The number of carbonyl (C=O) groups is 2. The van der Waals surface area contributed by atoms with Crippen molar-refractivity contribution in [2.45, 2.75) is 118 Å². The van der Waals surface area contributed by atoms with Gasteiger partial charge in [-0.2, -0.15) is 8.42 Å². The lowest BCUT2D eigenvalue weighted by Crippen LogP contribution is -2.31. The Morgan fingerprint density at radius 1 is 0.714 bits per heavy atom. The number of carbonyl (C=O) groups excluding carboxylic acids is 2. The minimum atomic E-state index is -4.53. The fraction of sp³-hybridized carbons (Fsp3) is 0.591. The van der Waals surface area contributed by atoms with Gasteiger partial charge in [0, 0.05) is 52.7 Å². The predicted molar refractivity (Wildman–Crippen MR) is 220 cm³/mol. The molecule has 0 bridgehead atoms. The summed E-state index contributed by atoms with van der Waals surface area (Å²) in [4.78, 5) is 25.2. The lowest BCUT2D eigenvalue weighted by molar-refractivity contribution is -0.150. The van der Waals surface area contributed by atoms with Crippen LogP contribution in [0.5, 0.6) is 11.5 Å². The van der Waals surface area contributed by atoms with Gasteiger partial charge in [0.15, 0.2) is 12.2 Å². The highest BCUT2D eigenvalue weighted by molar-refractivity contribution is 7.89. The van der Waals surface area contributed by atoms with Crippen LogP contribution in [-0.2, 0) is 51.5 Å². The monoisotopic (exact) mass is 800 g/mol. The molecule has 1 N–H and O–H groups in total. The Morgan fingerprint density at radius 2 is 1.16 bits per heavy atom. The van der Waals surface area contributed by atoms with E-state index in [1.165, 1.54) is 6.08 Å². The second kappa shape index (κ2) is 23.5. The van der Waals surface area contributed by atoms with E-state index in [2.05, 4.69) is 40.9 Å². The van der Waals surface area contributed by atoms with E-state index in [1.54, 1.807) is 13.8 Å². The summed E-state index contributed by atoms with van der Waals surface area (Å²) >= 11 is 0. The molecule has 12 heteroatoms. The van der Waals surface area contributed by atoms with E-state index >= 15 is 0 Å². The first-order valence-electron chi connectivity index (χ1n) is 20.1. The van der Waals surface area contributed by atoms with Gasteiger partial charge in [-0.25, -0.2) is 9.59 Å². The van der Waals surface area contributed by atoms with E-state index in [0.717, 1.165) is 51.4 Å². The van der Waals surface area contributed by atoms with Crippen molar-refractivity contribution in [2.75, 3.05) is 39.6 Å². The number of hydrogen-bond donors (Lipinski definition) is 1. The Bertz CT molecular complexity index is 1760. The van der Waals surface area contributed by atoms with E-state index < -0.39 is 34.3 Å². The zero-order chi connectivity index (χ0) is 41.3. The van der Waals surface area contributed by atoms with Crippen molar-refractivity contribution >= 4 is 32.8 Å². The summed E-state index contributed by atoms with van der Waals surface area (Å²) in [5, 5.41) is 1.29. The lowest BCUT2D eigenvalue weighted by atomic mass is 9.90. The smallest absolute Gasteiger partial charge is 0.333 e. The van der Waals surface area contributed by atoms with Gasteiger partial charge in [-0.05, 0) is 44.9 Å². The van der Waals surface area contributed by atoms with Crippen LogP contribution in [0.25, 0.3) is 10.8 Å². The Kier molecular flexibility index (Phi) is 19.6. The summed E-state index contributed by atoms with van der Waals surface area (Å²) in [6.45, 7) is 20.3. The molecule has 0 saturated carbocycles. The molecule has 56 heavy (non-hydrogen) atoms. The van der Waals surface area contributed by atoms with E-state index in [-0.39, 0.29) is 55.3 Å². The molecule has 4 unspecified atom stereocenters. The maximum atomic E-state index is 12.7. The third-order valence-corrected chi connectivity index (χ3v) is 11.1. The molecule has 1 aliphatic carbocycles. The van der Waals surface area contributed by atoms with Crippen LogP contribution in [0.2, 0.25) is 0 Å². The largest absolute Gasteiger partial charge is 0.489 e. The molecule has 312 valence electrons. The minimum absolute atomic E-state index is 0.0515. The molecule has 11 nitrogen and oxygen atoms in total. The molecule has 0 spiro atoms. The van der Waals surface area contributed by atoms with Gasteiger partial charge in [0.05, 0.1) is 18.1 Å². The second-order valence-corrected chi connectivity index (χ2v) is 16.3. The summed E-state index contributed by atoms with van der Waals surface area (Å²) in [6.07, 6.45) is 8.16. The molecular weight excluding hydrogens is 737 g/mol. The third-order valence-electron chi connectivity index (χ3n) is 10.1. The van der Waals surface area contributed by atoms with Crippen molar-refractivity contribution in [1.82, 2.24) is 0 Å². The number of rotatable bonds is 27. The maximum absolute atomic E-state index is 12.7. The molecule has 0 heterocycles. The van der Waals surface area contributed by atoms with Crippen LogP contribution < -0.4 is 9.47 Å². The first-order chi connectivity index (χ1) is 26.7. The summed E-state index contributed by atoms with van der Waals surface area (Å²) in [7, 11) is -4.53. The van der Waals surface area contributed by atoms with Crippen LogP contribution in [0.4, 0.5) is 0 Å². The summed E-state index contributed by atoms with van der Waals surface area (Å²) in [5.74, 6) is 0.786. The molecule has 0 amide bonds. The highest BCUT2D eigenvalue weighted by atomic mass is 32.2. The average molecular weight is 801 g/mol. The second-order valence-electron chi connectivity index (χ2n) is 14.8. The summed E-state index contributed by atoms with van der Waals surface area (Å²) in [5.41, 5.74) is 1.62. The molecule has 2 aromatic rings. The SMILES string of the molecule is C=C(C)C(=O)OC(COCCC(CC)CCC)COc1c2c(c(OCC(COCCC(CC)CCC)OC(=O)C(=C)C)c3ccccc13)CC(S(=O)(=O)O)=CC2. The molecule has 0 aliphatic heterocycles. The molecule has 1 aliphatic rings. The van der Waals surface area contributed by atoms with E-state index in [9.17, 15) is 22.6 Å². The summed E-state index contributed by atoms with van der Waals surface area (Å²) in [6, 6.07) is 7.37. The Hall–Kier alpha value is -3.71. The van der Waals surface area contributed by atoms with Crippen LogP contribution >= 0.6 is 0 Å². The number of benzene rings is 2. The molecular formula is C44H64O11S. The van der Waals surface area contributed by atoms with Crippen molar-refractivity contribution < 1.29 is 51.0 Å². The van der Waals surface area contributed by atoms with Gasteiger partial charge in [-0.3, -0.25) is 4.55 Å². The van der Waals surface area contributed by atoms with Crippen LogP contribution in [0.1, 0.15) is 104 Å². The van der Waals surface area contributed by atoms with Gasteiger partial charge in [-0.1, -0.05) is 110 Å². The zero-order valence-corrected chi connectivity index (χ0v) is 35.2. The average Bonchev–Trinajstić information content (AvgIpc) is 3.17. The molecule has 0 saturated heterocycles. The van der Waals surface area contributed by atoms with Crippen LogP contribution in [0.3, 0.4) is 0 Å². The predicted octanol–water partition coefficient (Wildman–Crippen LogP) is 8.91. The van der Waals surface area contributed by atoms with Crippen molar-refractivity contribution in [2.24, 2.45) is 11.8 Å². The topological polar surface area (TPSA) is 144 Å². The van der Waals surface area contributed by atoms with Gasteiger partial charge in [0.1, 0.15) is 24.7 Å². The molecule has 3 rings (SSSR count). The lowest BCUT2D eigenvalue weighted by Gasteiger charge is -2.27. The number of fused-ring (bicyclic) bond motifs is 2. The van der Waals surface area contributed by atoms with Crippen LogP contribution in [0, 0.1) is 11.8 Å². The number of esters is 2. The van der Waals surface area contributed by atoms with E-state index in [1.807, 2.05) is 24.3 Å². The molecule has 2 aromatic carbocycles. The van der Waals surface area contributed by atoms with Crippen molar-refractivity contribution in [3.63, 3.8) is 0 Å². The van der Waals surface area contributed by atoms with Crippen molar-refractivity contribution in [3.05, 3.63) is 70.7 Å². The number of ether oxygens (including phenoxy) is 6. The van der Waals surface area contributed by atoms with Gasteiger partial charge < -0.3 is 28.4 Å². The fourth-order valence-electron chi connectivity index (χ4n) is 6.81. The van der Waals surface area contributed by atoms with Gasteiger partial charge in [0.25, 0.3) is 10.1 Å². The highest BCUT2D eigenvalue weighted by Gasteiger charge is 2.30. The molecule has 0 fully saturated rings. The van der Waals surface area contributed by atoms with Crippen LogP contribution in [0.15, 0.2) is 59.6 Å². The van der Waals surface area contributed by atoms with Crippen molar-refractivity contribution in [1.29, 1.82) is 0 Å². The Balaban J connectivity index is 1.96. The fourth-order valence-corrected chi connectivity index (χ4v) is 7.43. The van der Waals surface area contributed by atoms with E-state index in [0.29, 0.717) is 58.4 Å². The number of hydrogen-bond acceptors (Lipinski definition) is 10. The minimum Gasteiger partial charge on any atom is -0.489 e. The maximum Gasteiger partial charge on any atom is 0.333 e. The standard InChI is InChI=1S/C44H64O11S/c1-9-15-32(11-3)21-23-50-26-34(54-43(45)30(5)6)28-52-41-37-17-13-14-18-38(37)42(40-25-36(56(47,48)49)19-20-39(40)41)53-29-35(55-44(46)31(7)8)27-51-24-22-33(12-4)16-10-2/h13-14,17-19,32-35H,5,7,9-12,15-16,20-29H2,1-4,6,8H3,(H,47,48,49). The quantitative estimate of drug-likeness (QED) is 0.0400. The van der Waals surface area contributed by atoms with E-state index in [4.69, 9.17) is 28.4 Å². The third kappa shape index (κ3) is 14.3. The molecule has 0 radical (unpaired) electrons. The highest BCUT2D eigenvalue weighted by Crippen LogP contribution is 2.45. The molecule has 0 aromatic heterocycles. The summed E-state index contributed by atoms with van der Waals surface area (Å²) < 4.78 is 71.4. The Morgan fingerprint density at radius 3 is 1.55 bits per heavy atom. The normalized spacial score (nSPS) is 14.9. The first-order valence-corrected chi connectivity index (χ1v) is 21.5. The first kappa shape index (κ1) is 46.7. The Labute approximate surface area is 334 Å². The van der Waals surface area contributed by atoms with Gasteiger partial charge in [-0.15, -0.1) is 0 Å².